The molecule has 7 heteroatoms. The second-order valence-electron chi connectivity index (χ2n) is 6.02. The summed E-state index contributed by atoms with van der Waals surface area (Å²) in [5.74, 6) is 2.59. The van der Waals surface area contributed by atoms with Gasteiger partial charge in [-0.3, -0.25) is 0 Å². The third kappa shape index (κ3) is 3.90. The zero-order chi connectivity index (χ0) is 18.6. The average molecular weight is 359 g/mol. The van der Waals surface area contributed by atoms with Crippen LogP contribution in [0.5, 0.6) is 11.5 Å². The number of hydrogen-bond donors (Lipinski definition) is 2. The van der Waals surface area contributed by atoms with Gasteiger partial charge in [0, 0.05) is 29.2 Å². The molecule has 1 aliphatic heterocycles. The lowest BCUT2D eigenvalue weighted by Crippen LogP contribution is -2.15. The average Bonchev–Trinajstić information content (AvgIpc) is 2.68. The van der Waals surface area contributed by atoms with E-state index < -0.39 is 0 Å². The van der Waals surface area contributed by atoms with Gasteiger partial charge < -0.3 is 20.1 Å². The number of anilines is 4. The molecule has 0 aliphatic carbocycles. The Hall–Kier alpha value is -3.79. The van der Waals surface area contributed by atoms with E-state index in [1.807, 2.05) is 43.3 Å². The molecule has 7 nitrogen and oxygen atoms in total. The van der Waals surface area contributed by atoms with Crippen LogP contribution in [-0.2, 0) is 0 Å². The molecule has 0 spiro atoms. The van der Waals surface area contributed by atoms with Crippen LogP contribution in [0.1, 0.15) is 11.3 Å². The SMILES string of the molecule is Cc1cc(Nc2ccc3c(c2)OCCO3)nc(Nc2ccc(C#N)cc2)n1. The molecule has 0 saturated heterocycles. The van der Waals surface area contributed by atoms with E-state index in [1.165, 1.54) is 0 Å². The van der Waals surface area contributed by atoms with Gasteiger partial charge in [-0.1, -0.05) is 0 Å². The quantitative estimate of drug-likeness (QED) is 0.729. The van der Waals surface area contributed by atoms with Gasteiger partial charge in [0.05, 0.1) is 11.6 Å². The Balaban J connectivity index is 1.54. The van der Waals surface area contributed by atoms with Crippen molar-refractivity contribution in [2.75, 3.05) is 23.8 Å². The van der Waals surface area contributed by atoms with E-state index in [9.17, 15) is 0 Å². The fourth-order valence-electron chi connectivity index (χ4n) is 2.71. The molecule has 3 aromatic rings. The maximum atomic E-state index is 8.89. The van der Waals surface area contributed by atoms with Gasteiger partial charge in [0.1, 0.15) is 19.0 Å². The van der Waals surface area contributed by atoms with E-state index in [-0.39, 0.29) is 0 Å². The Labute approximate surface area is 156 Å². The van der Waals surface area contributed by atoms with Crippen molar-refractivity contribution in [2.24, 2.45) is 0 Å². The number of nitrogens with one attached hydrogen (secondary N) is 2. The summed E-state index contributed by atoms with van der Waals surface area (Å²) in [5.41, 5.74) is 3.08. The molecule has 27 heavy (non-hydrogen) atoms. The Morgan fingerprint density at radius 1 is 0.889 bits per heavy atom. The molecule has 2 heterocycles. The summed E-state index contributed by atoms with van der Waals surface area (Å²) in [4.78, 5) is 8.92. The standard InChI is InChI=1S/C20H17N5O2/c1-13-10-19(23-16-6-7-17-18(11-16)27-9-8-26-17)25-20(22-13)24-15-4-2-14(12-21)3-5-15/h2-7,10-11H,8-9H2,1H3,(H2,22,23,24,25). The highest BCUT2D eigenvalue weighted by Crippen LogP contribution is 2.33. The highest BCUT2D eigenvalue weighted by Gasteiger charge is 2.12. The first kappa shape index (κ1) is 16.7. The maximum Gasteiger partial charge on any atom is 0.229 e. The van der Waals surface area contributed by atoms with E-state index in [1.54, 1.807) is 12.1 Å². The number of ether oxygens (including phenoxy) is 2. The van der Waals surface area contributed by atoms with Crippen LogP contribution in [-0.4, -0.2) is 23.2 Å². The fourth-order valence-corrected chi connectivity index (χ4v) is 2.71. The zero-order valence-corrected chi connectivity index (χ0v) is 14.7. The number of aromatic nitrogens is 2. The monoisotopic (exact) mass is 359 g/mol. The molecule has 0 radical (unpaired) electrons. The molecule has 0 saturated carbocycles. The van der Waals surface area contributed by atoms with Crippen molar-refractivity contribution in [1.29, 1.82) is 5.26 Å². The third-order valence-corrected chi connectivity index (χ3v) is 3.94. The second kappa shape index (κ2) is 7.22. The van der Waals surface area contributed by atoms with Crippen LogP contribution in [0.25, 0.3) is 0 Å². The van der Waals surface area contributed by atoms with Crippen LogP contribution in [0.15, 0.2) is 48.5 Å². The van der Waals surface area contributed by atoms with Crippen LogP contribution in [0.2, 0.25) is 0 Å². The number of hydrogen-bond acceptors (Lipinski definition) is 7. The van der Waals surface area contributed by atoms with Gasteiger partial charge in [-0.2, -0.15) is 10.2 Å². The number of rotatable bonds is 4. The van der Waals surface area contributed by atoms with Crippen molar-refractivity contribution in [2.45, 2.75) is 6.92 Å². The molecule has 0 atom stereocenters. The Bertz CT molecular complexity index is 1010. The van der Waals surface area contributed by atoms with Crippen molar-refractivity contribution in [3.05, 3.63) is 59.8 Å². The maximum absolute atomic E-state index is 8.89. The minimum absolute atomic E-state index is 0.472. The predicted molar refractivity (Wildman–Crippen MR) is 102 cm³/mol. The van der Waals surface area contributed by atoms with Gasteiger partial charge in [0.2, 0.25) is 5.95 Å². The third-order valence-electron chi connectivity index (χ3n) is 3.94. The summed E-state index contributed by atoms with van der Waals surface area (Å²) in [5, 5.41) is 15.3. The lowest BCUT2D eigenvalue weighted by molar-refractivity contribution is 0.171. The van der Waals surface area contributed by atoms with Gasteiger partial charge in [-0.25, -0.2) is 4.98 Å². The van der Waals surface area contributed by atoms with Crippen LogP contribution in [0.4, 0.5) is 23.1 Å². The molecule has 1 aliphatic rings. The molecule has 0 unspecified atom stereocenters. The normalized spacial score (nSPS) is 12.1. The summed E-state index contributed by atoms with van der Waals surface area (Å²) in [6.45, 7) is 3.01. The molecule has 0 fully saturated rings. The van der Waals surface area contributed by atoms with E-state index in [2.05, 4.69) is 26.7 Å². The van der Waals surface area contributed by atoms with Gasteiger partial charge in [0.25, 0.3) is 0 Å². The molecule has 0 amide bonds. The summed E-state index contributed by atoms with van der Waals surface area (Å²) < 4.78 is 11.2. The number of nitrogens with zero attached hydrogens (tertiary/aromatic N) is 3. The Morgan fingerprint density at radius 2 is 1.63 bits per heavy atom. The van der Waals surface area contributed by atoms with Crippen LogP contribution >= 0.6 is 0 Å². The molecular formula is C20H17N5O2. The highest BCUT2D eigenvalue weighted by molar-refractivity contribution is 5.63. The van der Waals surface area contributed by atoms with Gasteiger partial charge in [-0.05, 0) is 43.3 Å². The van der Waals surface area contributed by atoms with Crippen molar-refractivity contribution in [1.82, 2.24) is 9.97 Å². The second-order valence-corrected chi connectivity index (χ2v) is 6.02. The van der Waals surface area contributed by atoms with E-state index in [0.29, 0.717) is 36.3 Å². The smallest absolute Gasteiger partial charge is 0.229 e. The van der Waals surface area contributed by atoms with Gasteiger partial charge >= 0.3 is 0 Å². The molecule has 134 valence electrons. The van der Waals surface area contributed by atoms with E-state index in [0.717, 1.165) is 22.8 Å². The van der Waals surface area contributed by atoms with E-state index >= 15 is 0 Å². The van der Waals surface area contributed by atoms with Crippen LogP contribution < -0.4 is 20.1 Å². The first-order chi connectivity index (χ1) is 13.2. The minimum Gasteiger partial charge on any atom is -0.486 e. The largest absolute Gasteiger partial charge is 0.486 e. The number of nitriles is 1. The van der Waals surface area contributed by atoms with Gasteiger partial charge in [0.15, 0.2) is 11.5 Å². The topological polar surface area (TPSA) is 92.1 Å². The summed E-state index contributed by atoms with van der Waals surface area (Å²) >= 11 is 0. The predicted octanol–water partition coefficient (Wildman–Crippen LogP) is 3.92. The first-order valence-corrected chi connectivity index (χ1v) is 8.49. The first-order valence-electron chi connectivity index (χ1n) is 8.49. The van der Waals surface area contributed by atoms with Crippen molar-refractivity contribution in [3.63, 3.8) is 0 Å². The number of benzene rings is 2. The minimum atomic E-state index is 0.472. The molecule has 0 bridgehead atoms. The molecule has 2 aromatic carbocycles. The molecule has 2 N–H and O–H groups in total. The summed E-state index contributed by atoms with van der Waals surface area (Å²) in [6, 6.07) is 16.8. The van der Waals surface area contributed by atoms with Crippen LogP contribution in [0.3, 0.4) is 0 Å². The van der Waals surface area contributed by atoms with Gasteiger partial charge in [-0.15, -0.1) is 0 Å². The summed E-state index contributed by atoms with van der Waals surface area (Å²) in [6.07, 6.45) is 0. The molecule has 4 rings (SSSR count). The Morgan fingerprint density at radius 3 is 2.41 bits per heavy atom. The van der Waals surface area contributed by atoms with Crippen molar-refractivity contribution >= 4 is 23.1 Å². The number of aryl methyl sites for hydroxylation is 1. The van der Waals surface area contributed by atoms with E-state index in [4.69, 9.17) is 14.7 Å². The highest BCUT2D eigenvalue weighted by atomic mass is 16.6. The fraction of sp³-hybridized carbons (Fsp3) is 0.150. The zero-order valence-electron chi connectivity index (χ0n) is 14.7. The van der Waals surface area contributed by atoms with Crippen LogP contribution in [0, 0.1) is 18.3 Å². The Kier molecular flexibility index (Phi) is 4.45. The lowest BCUT2D eigenvalue weighted by Gasteiger charge is -2.19. The van der Waals surface area contributed by atoms with Crippen molar-refractivity contribution in [3.8, 4) is 17.6 Å². The number of fused-ring (bicyclic) bond motifs is 1. The lowest BCUT2D eigenvalue weighted by atomic mass is 10.2. The van der Waals surface area contributed by atoms with Crippen molar-refractivity contribution < 1.29 is 9.47 Å². The molecular weight excluding hydrogens is 342 g/mol. The summed E-state index contributed by atoms with van der Waals surface area (Å²) in [7, 11) is 0. The molecule has 1 aromatic heterocycles.